The van der Waals surface area contributed by atoms with Gasteiger partial charge >= 0.3 is 5.97 Å². The molecule has 1 aromatic heterocycles. The van der Waals surface area contributed by atoms with Crippen LogP contribution in [-0.4, -0.2) is 23.2 Å². The molecule has 1 heterocycles. The molecule has 0 aliphatic rings. The number of halogens is 1. The summed E-state index contributed by atoms with van der Waals surface area (Å²) in [6.45, 7) is 0. The molecular weight excluding hydrogens is 339 g/mol. The molecule has 6 nitrogen and oxygen atoms in total. The molecule has 3 rings (SSSR count). The van der Waals surface area contributed by atoms with Gasteiger partial charge in [0, 0.05) is 11.1 Å². The largest absolute Gasteiger partial charge is 0.478 e. The van der Waals surface area contributed by atoms with Gasteiger partial charge in [-0.1, -0.05) is 18.2 Å². The van der Waals surface area contributed by atoms with Crippen LogP contribution in [0.15, 0.2) is 70.2 Å². The number of benzene rings is 2. The Hall–Kier alpha value is -3.74. The van der Waals surface area contributed by atoms with Gasteiger partial charge in [-0.05, 0) is 42.5 Å². The zero-order chi connectivity index (χ0) is 18.5. The van der Waals surface area contributed by atoms with Gasteiger partial charge < -0.3 is 9.52 Å². The number of hydrazone groups is 1. The minimum atomic E-state index is -1.06. The number of rotatable bonds is 5. The van der Waals surface area contributed by atoms with E-state index in [9.17, 15) is 19.1 Å². The number of hydrogen-bond donors (Lipinski definition) is 2. The van der Waals surface area contributed by atoms with Crippen molar-refractivity contribution in [3.63, 3.8) is 0 Å². The number of aromatic carboxylic acids is 1. The molecule has 7 heteroatoms. The Balaban J connectivity index is 1.71. The summed E-state index contributed by atoms with van der Waals surface area (Å²) in [7, 11) is 0. The normalized spacial score (nSPS) is 10.8. The topological polar surface area (TPSA) is 91.9 Å². The zero-order valence-corrected chi connectivity index (χ0v) is 13.3. The maximum Gasteiger partial charge on any atom is 0.336 e. The maximum atomic E-state index is 12.8. The number of furan rings is 1. The quantitative estimate of drug-likeness (QED) is 0.543. The van der Waals surface area contributed by atoms with Crippen LogP contribution in [-0.2, 0) is 0 Å². The maximum absolute atomic E-state index is 12.8. The average molecular weight is 352 g/mol. The molecule has 0 radical (unpaired) electrons. The van der Waals surface area contributed by atoms with Crippen LogP contribution >= 0.6 is 0 Å². The minimum absolute atomic E-state index is 0.120. The van der Waals surface area contributed by atoms with Crippen molar-refractivity contribution in [2.24, 2.45) is 5.10 Å². The smallest absolute Gasteiger partial charge is 0.336 e. The van der Waals surface area contributed by atoms with Crippen molar-refractivity contribution in [3.05, 3.63) is 83.4 Å². The van der Waals surface area contributed by atoms with Gasteiger partial charge in [-0.3, -0.25) is 4.79 Å². The molecular formula is C19H13FN2O4. The van der Waals surface area contributed by atoms with Gasteiger partial charge in [0.1, 0.15) is 17.3 Å². The molecule has 130 valence electrons. The van der Waals surface area contributed by atoms with Crippen LogP contribution in [0, 0.1) is 5.82 Å². The first kappa shape index (κ1) is 17.1. The Morgan fingerprint density at radius 3 is 2.50 bits per heavy atom. The number of amides is 1. The lowest BCUT2D eigenvalue weighted by molar-refractivity contribution is 0.0697. The van der Waals surface area contributed by atoms with E-state index in [1.165, 1.54) is 36.5 Å². The molecule has 0 saturated carbocycles. The van der Waals surface area contributed by atoms with Crippen LogP contribution in [0.25, 0.3) is 11.3 Å². The molecule has 2 N–H and O–H groups in total. The SMILES string of the molecule is O=C(N/N=C\c1ccc(-c2ccccc2C(=O)O)o1)c1ccc(F)cc1. The summed E-state index contributed by atoms with van der Waals surface area (Å²) in [6, 6.07) is 14.7. The van der Waals surface area contributed by atoms with Crippen molar-refractivity contribution in [3.8, 4) is 11.3 Å². The fourth-order valence-corrected chi connectivity index (χ4v) is 2.27. The van der Waals surface area contributed by atoms with Crippen molar-refractivity contribution in [2.45, 2.75) is 0 Å². The molecule has 2 aromatic carbocycles. The third-order valence-electron chi connectivity index (χ3n) is 3.51. The summed E-state index contributed by atoms with van der Waals surface area (Å²) in [4.78, 5) is 23.1. The first-order valence-corrected chi connectivity index (χ1v) is 7.56. The molecule has 1 amide bonds. The van der Waals surface area contributed by atoms with Crippen molar-refractivity contribution < 1.29 is 23.5 Å². The van der Waals surface area contributed by atoms with Crippen molar-refractivity contribution in [1.29, 1.82) is 0 Å². The number of carbonyl (C=O) groups excluding carboxylic acids is 1. The summed E-state index contributed by atoms with van der Waals surface area (Å²) in [5.41, 5.74) is 3.12. The monoisotopic (exact) mass is 352 g/mol. The minimum Gasteiger partial charge on any atom is -0.478 e. The second-order valence-corrected chi connectivity index (χ2v) is 5.26. The van der Waals surface area contributed by atoms with Gasteiger partial charge in [0.15, 0.2) is 0 Å². The van der Waals surface area contributed by atoms with E-state index in [1.54, 1.807) is 30.3 Å². The number of carbonyl (C=O) groups is 2. The summed E-state index contributed by atoms with van der Waals surface area (Å²) < 4.78 is 18.4. The van der Waals surface area contributed by atoms with E-state index >= 15 is 0 Å². The second kappa shape index (κ2) is 7.43. The van der Waals surface area contributed by atoms with E-state index in [4.69, 9.17) is 4.42 Å². The van der Waals surface area contributed by atoms with Crippen LogP contribution in [0.1, 0.15) is 26.5 Å². The van der Waals surface area contributed by atoms with Crippen LogP contribution in [0.2, 0.25) is 0 Å². The third kappa shape index (κ3) is 3.84. The van der Waals surface area contributed by atoms with Crippen LogP contribution in [0.4, 0.5) is 4.39 Å². The van der Waals surface area contributed by atoms with E-state index < -0.39 is 17.7 Å². The highest BCUT2D eigenvalue weighted by Gasteiger charge is 2.13. The molecule has 0 aliphatic carbocycles. The number of carboxylic acid groups (broad SMARTS) is 1. The molecule has 3 aromatic rings. The average Bonchev–Trinajstić information content (AvgIpc) is 3.11. The fourth-order valence-electron chi connectivity index (χ4n) is 2.27. The molecule has 0 saturated heterocycles. The second-order valence-electron chi connectivity index (χ2n) is 5.26. The lowest BCUT2D eigenvalue weighted by Crippen LogP contribution is -2.17. The van der Waals surface area contributed by atoms with Crippen molar-refractivity contribution >= 4 is 18.1 Å². The van der Waals surface area contributed by atoms with Crippen LogP contribution in [0.5, 0.6) is 0 Å². The van der Waals surface area contributed by atoms with Crippen molar-refractivity contribution in [1.82, 2.24) is 5.43 Å². The lowest BCUT2D eigenvalue weighted by atomic mass is 10.1. The first-order chi connectivity index (χ1) is 12.5. The first-order valence-electron chi connectivity index (χ1n) is 7.56. The summed E-state index contributed by atoms with van der Waals surface area (Å²) in [5, 5.41) is 13.0. The van der Waals surface area contributed by atoms with Crippen molar-refractivity contribution in [2.75, 3.05) is 0 Å². The molecule has 0 unspecified atom stereocenters. The highest BCUT2D eigenvalue weighted by atomic mass is 19.1. The Morgan fingerprint density at radius 2 is 1.77 bits per heavy atom. The van der Waals surface area contributed by atoms with Gasteiger partial charge in [-0.15, -0.1) is 0 Å². The fraction of sp³-hybridized carbons (Fsp3) is 0. The molecule has 0 spiro atoms. The predicted octanol–water partition coefficient (Wildman–Crippen LogP) is 3.55. The molecule has 0 aliphatic heterocycles. The summed E-state index contributed by atoms with van der Waals surface area (Å²) in [5.74, 6) is -1.29. The van der Waals surface area contributed by atoms with Gasteiger partial charge in [0.05, 0.1) is 11.8 Å². The van der Waals surface area contributed by atoms with Gasteiger partial charge in [-0.25, -0.2) is 14.6 Å². The van der Waals surface area contributed by atoms with Gasteiger partial charge in [0.2, 0.25) is 0 Å². The van der Waals surface area contributed by atoms with E-state index in [2.05, 4.69) is 10.5 Å². The number of carboxylic acids is 1. The summed E-state index contributed by atoms with van der Waals surface area (Å²) >= 11 is 0. The van der Waals surface area contributed by atoms with E-state index in [0.717, 1.165) is 0 Å². The van der Waals surface area contributed by atoms with Gasteiger partial charge in [-0.2, -0.15) is 5.10 Å². The Kier molecular flexibility index (Phi) is 4.89. The highest BCUT2D eigenvalue weighted by molar-refractivity contribution is 5.96. The van der Waals surface area contributed by atoms with Crippen LogP contribution < -0.4 is 5.43 Å². The molecule has 0 fully saturated rings. The predicted molar refractivity (Wildman–Crippen MR) is 92.6 cm³/mol. The molecule has 26 heavy (non-hydrogen) atoms. The Bertz CT molecular complexity index is 977. The van der Waals surface area contributed by atoms with Crippen LogP contribution in [0.3, 0.4) is 0 Å². The zero-order valence-electron chi connectivity index (χ0n) is 13.3. The number of nitrogens with zero attached hydrogens (tertiary/aromatic N) is 1. The van der Waals surface area contributed by atoms with E-state index in [0.29, 0.717) is 17.1 Å². The Morgan fingerprint density at radius 1 is 1.04 bits per heavy atom. The van der Waals surface area contributed by atoms with Gasteiger partial charge in [0.25, 0.3) is 5.91 Å². The molecule has 0 bridgehead atoms. The number of hydrogen-bond acceptors (Lipinski definition) is 4. The number of nitrogens with one attached hydrogen (secondary N) is 1. The standard InChI is InChI=1S/C19H13FN2O4/c20-13-7-5-12(6-8-13)18(23)22-21-11-14-9-10-17(26-14)15-3-1-2-4-16(15)19(24)25/h1-11H,(H,22,23)(H,24,25)/b21-11-. The van der Waals surface area contributed by atoms with E-state index in [-0.39, 0.29) is 11.1 Å². The lowest BCUT2D eigenvalue weighted by Gasteiger charge is -2.02. The Labute approximate surface area is 147 Å². The highest BCUT2D eigenvalue weighted by Crippen LogP contribution is 2.25. The third-order valence-corrected chi connectivity index (χ3v) is 3.51. The molecule has 0 atom stereocenters. The summed E-state index contributed by atoms with van der Waals surface area (Å²) in [6.07, 6.45) is 1.29. The van der Waals surface area contributed by atoms with E-state index in [1.807, 2.05) is 0 Å².